The van der Waals surface area contributed by atoms with Crippen LogP contribution < -0.4 is 5.32 Å². The van der Waals surface area contributed by atoms with Crippen LogP contribution in [0.5, 0.6) is 0 Å². The fourth-order valence-corrected chi connectivity index (χ4v) is 4.25. The number of hydrogen-bond acceptors (Lipinski definition) is 3. The summed E-state index contributed by atoms with van der Waals surface area (Å²) in [5.74, 6) is 0. The molecule has 0 saturated carbocycles. The summed E-state index contributed by atoms with van der Waals surface area (Å²) in [4.78, 5) is 0. The topological polar surface area (TPSA) is 29.9 Å². The van der Waals surface area contributed by atoms with Gasteiger partial charge in [-0.1, -0.05) is 6.92 Å². The van der Waals surface area contributed by atoms with E-state index in [0.29, 0.717) is 6.04 Å². The van der Waals surface area contributed by atoms with E-state index < -0.39 is 0 Å². The third-order valence-electron chi connectivity index (χ3n) is 3.81. The fourth-order valence-electron chi connectivity index (χ4n) is 2.62. The van der Waals surface area contributed by atoms with Gasteiger partial charge in [0.05, 0.1) is 5.69 Å². The number of halogens is 1. The number of thiophene rings is 1. The second-order valence-corrected chi connectivity index (χ2v) is 6.69. The van der Waals surface area contributed by atoms with Crippen molar-refractivity contribution in [2.75, 3.05) is 6.54 Å². The lowest BCUT2D eigenvalue weighted by Gasteiger charge is -2.18. The molecule has 20 heavy (non-hydrogen) atoms. The average molecular weight is 356 g/mol. The van der Waals surface area contributed by atoms with E-state index in [0.717, 1.165) is 25.1 Å². The summed E-state index contributed by atoms with van der Waals surface area (Å²) in [6, 6.07) is 0.402. The molecule has 1 atom stereocenters. The van der Waals surface area contributed by atoms with E-state index in [2.05, 4.69) is 57.9 Å². The first-order chi connectivity index (χ1) is 9.54. The van der Waals surface area contributed by atoms with Crippen LogP contribution in [0.1, 0.15) is 41.9 Å². The maximum atomic E-state index is 4.50. The number of rotatable bonds is 6. The van der Waals surface area contributed by atoms with Crippen LogP contribution in [0.15, 0.2) is 15.2 Å². The Hall–Kier alpha value is -0.650. The summed E-state index contributed by atoms with van der Waals surface area (Å²) in [6.45, 7) is 7.40. The Bertz CT molecular complexity index is 574. The number of nitrogens with one attached hydrogen (secondary N) is 1. The van der Waals surface area contributed by atoms with Crippen molar-refractivity contribution in [1.29, 1.82) is 0 Å². The summed E-state index contributed by atoms with van der Waals surface area (Å²) in [5.41, 5.74) is 5.20. The van der Waals surface area contributed by atoms with Crippen LogP contribution in [0, 0.1) is 13.8 Å². The van der Waals surface area contributed by atoms with Gasteiger partial charge in [-0.15, -0.1) is 0 Å². The van der Waals surface area contributed by atoms with Crippen molar-refractivity contribution < 1.29 is 0 Å². The highest BCUT2D eigenvalue weighted by molar-refractivity contribution is 9.10. The first-order valence-corrected chi connectivity index (χ1v) is 8.72. The molecule has 0 aliphatic carbocycles. The minimum absolute atomic E-state index is 0.402. The molecule has 0 spiro atoms. The molecule has 0 aliphatic rings. The Kier molecular flexibility index (Phi) is 5.41. The molecule has 110 valence electrons. The van der Waals surface area contributed by atoms with Crippen molar-refractivity contribution in [3.05, 3.63) is 37.7 Å². The van der Waals surface area contributed by atoms with E-state index in [4.69, 9.17) is 0 Å². The second kappa shape index (κ2) is 6.87. The maximum Gasteiger partial charge on any atom is 0.0628 e. The number of nitrogens with zero attached hydrogens (tertiary/aromatic N) is 2. The van der Waals surface area contributed by atoms with Crippen LogP contribution in [0.4, 0.5) is 0 Å². The lowest BCUT2D eigenvalue weighted by atomic mass is 10.00. The molecule has 0 bridgehead atoms. The average Bonchev–Trinajstić information content (AvgIpc) is 2.92. The van der Waals surface area contributed by atoms with Crippen LogP contribution in [-0.2, 0) is 13.5 Å². The third-order valence-corrected chi connectivity index (χ3v) is 5.56. The molecule has 1 unspecified atom stereocenters. The lowest BCUT2D eigenvalue weighted by molar-refractivity contribution is 0.514. The van der Waals surface area contributed by atoms with Gasteiger partial charge in [-0.2, -0.15) is 16.4 Å². The van der Waals surface area contributed by atoms with E-state index >= 15 is 0 Å². The normalized spacial score (nSPS) is 12.8. The van der Waals surface area contributed by atoms with Gasteiger partial charge >= 0.3 is 0 Å². The first kappa shape index (κ1) is 15.7. The second-order valence-electron chi connectivity index (χ2n) is 5.10. The van der Waals surface area contributed by atoms with E-state index in [9.17, 15) is 0 Å². The van der Waals surface area contributed by atoms with Crippen LogP contribution in [0.25, 0.3) is 0 Å². The van der Waals surface area contributed by atoms with Gasteiger partial charge in [0.15, 0.2) is 0 Å². The molecule has 2 aromatic heterocycles. The molecule has 0 amide bonds. The lowest BCUT2D eigenvalue weighted by Crippen LogP contribution is -2.21. The predicted molar refractivity (Wildman–Crippen MR) is 89.4 cm³/mol. The fraction of sp³-hybridized carbons (Fsp3) is 0.533. The van der Waals surface area contributed by atoms with Crippen molar-refractivity contribution in [3.8, 4) is 0 Å². The molecular weight excluding hydrogens is 334 g/mol. The minimum Gasteiger partial charge on any atom is -0.310 e. The summed E-state index contributed by atoms with van der Waals surface area (Å²) in [6.07, 6.45) is 2.15. The monoisotopic (exact) mass is 355 g/mol. The summed E-state index contributed by atoms with van der Waals surface area (Å²) in [7, 11) is 2.02. The van der Waals surface area contributed by atoms with Crippen LogP contribution >= 0.6 is 27.3 Å². The number of hydrogen-bond donors (Lipinski definition) is 1. The Labute approximate surface area is 133 Å². The van der Waals surface area contributed by atoms with E-state index in [-0.39, 0.29) is 0 Å². The summed E-state index contributed by atoms with van der Waals surface area (Å²) in [5, 5.41) is 12.5. The number of aryl methyl sites for hydroxylation is 2. The van der Waals surface area contributed by atoms with Crippen molar-refractivity contribution in [3.63, 3.8) is 0 Å². The largest absolute Gasteiger partial charge is 0.310 e. The third kappa shape index (κ3) is 3.32. The SMILES string of the molecule is CCNC(CCc1c(C)nn(C)c1C)c1cscc1Br. The molecule has 0 fully saturated rings. The Balaban J connectivity index is 2.12. The standard InChI is InChI=1S/C15H22BrN3S/c1-5-17-15(13-8-20-9-14(13)16)7-6-12-10(2)18-19(4)11(12)3/h8-9,15,17H,5-7H2,1-4H3. The quantitative estimate of drug-likeness (QED) is 0.843. The molecule has 0 aliphatic heterocycles. The van der Waals surface area contributed by atoms with E-state index in [1.807, 2.05) is 11.7 Å². The molecule has 0 aromatic carbocycles. The number of aromatic nitrogens is 2. The molecule has 2 heterocycles. The molecule has 0 radical (unpaired) electrons. The molecule has 1 N–H and O–H groups in total. The zero-order valence-corrected chi connectivity index (χ0v) is 14.9. The van der Waals surface area contributed by atoms with Gasteiger partial charge in [0.1, 0.15) is 0 Å². The van der Waals surface area contributed by atoms with Gasteiger partial charge < -0.3 is 5.32 Å². The Morgan fingerprint density at radius 1 is 1.40 bits per heavy atom. The predicted octanol–water partition coefficient (Wildman–Crippen LogP) is 4.14. The van der Waals surface area contributed by atoms with Crippen molar-refractivity contribution in [2.24, 2.45) is 7.05 Å². The highest BCUT2D eigenvalue weighted by Gasteiger charge is 2.17. The molecular formula is C15H22BrN3S. The van der Waals surface area contributed by atoms with Gasteiger partial charge in [-0.3, -0.25) is 4.68 Å². The van der Waals surface area contributed by atoms with Gasteiger partial charge in [-0.05, 0) is 65.7 Å². The van der Waals surface area contributed by atoms with E-state index in [1.165, 1.54) is 21.3 Å². The smallest absolute Gasteiger partial charge is 0.0628 e. The first-order valence-electron chi connectivity index (χ1n) is 6.98. The van der Waals surface area contributed by atoms with Gasteiger partial charge in [0.2, 0.25) is 0 Å². The van der Waals surface area contributed by atoms with Crippen LogP contribution in [0.2, 0.25) is 0 Å². The highest BCUT2D eigenvalue weighted by Crippen LogP contribution is 2.30. The Morgan fingerprint density at radius 3 is 2.65 bits per heavy atom. The summed E-state index contributed by atoms with van der Waals surface area (Å²) >= 11 is 5.40. The van der Waals surface area contributed by atoms with Crippen LogP contribution in [0.3, 0.4) is 0 Å². The molecule has 2 aromatic rings. The molecule has 2 rings (SSSR count). The van der Waals surface area contributed by atoms with Crippen LogP contribution in [-0.4, -0.2) is 16.3 Å². The van der Waals surface area contributed by atoms with Crippen molar-refractivity contribution in [2.45, 2.75) is 39.7 Å². The summed E-state index contributed by atoms with van der Waals surface area (Å²) < 4.78 is 3.20. The molecule has 5 heteroatoms. The van der Waals surface area contributed by atoms with Gasteiger partial charge in [-0.25, -0.2) is 0 Å². The van der Waals surface area contributed by atoms with Crippen molar-refractivity contribution >= 4 is 27.3 Å². The minimum atomic E-state index is 0.402. The van der Waals surface area contributed by atoms with Gasteiger partial charge in [0.25, 0.3) is 0 Å². The van der Waals surface area contributed by atoms with Crippen molar-refractivity contribution in [1.82, 2.24) is 15.1 Å². The molecule has 3 nitrogen and oxygen atoms in total. The zero-order chi connectivity index (χ0) is 14.7. The highest BCUT2D eigenvalue weighted by atomic mass is 79.9. The zero-order valence-electron chi connectivity index (χ0n) is 12.5. The van der Waals surface area contributed by atoms with E-state index in [1.54, 1.807) is 11.3 Å². The Morgan fingerprint density at radius 2 is 2.15 bits per heavy atom. The van der Waals surface area contributed by atoms with Gasteiger partial charge in [0, 0.05) is 28.6 Å². The molecule has 0 saturated heterocycles. The maximum absolute atomic E-state index is 4.50.